The number of amides is 4. The van der Waals surface area contributed by atoms with Crippen LogP contribution in [0.15, 0.2) is 60.3 Å². The van der Waals surface area contributed by atoms with Gasteiger partial charge in [-0.2, -0.15) is 0 Å². The number of imide groups is 2. The number of carboxylic acid groups (broad SMARTS) is 1. The Morgan fingerprint density at radius 3 is 2.25 bits per heavy atom. The molecule has 5 fully saturated rings. The van der Waals surface area contributed by atoms with Gasteiger partial charge in [-0.15, -0.1) is 0 Å². The Balaban J connectivity index is 1.17. The first-order chi connectivity index (χ1) is 19.2. The molecule has 4 aliphatic carbocycles. The van der Waals surface area contributed by atoms with Gasteiger partial charge in [-0.05, 0) is 116 Å². The van der Waals surface area contributed by atoms with Crippen LogP contribution in [0.4, 0.5) is 10.5 Å². The summed E-state index contributed by atoms with van der Waals surface area (Å²) in [6.07, 6.45) is 10.9. The predicted molar refractivity (Wildman–Crippen MR) is 150 cm³/mol. The van der Waals surface area contributed by atoms with Crippen molar-refractivity contribution in [1.82, 2.24) is 9.88 Å². The number of anilines is 1. The molecule has 5 aliphatic rings. The second kappa shape index (κ2) is 8.91. The lowest BCUT2D eigenvalue weighted by Crippen LogP contribution is -2.54. The zero-order valence-corrected chi connectivity index (χ0v) is 22.3. The Bertz CT molecular complexity index is 1580. The molecule has 4 amide bonds. The fourth-order valence-electron chi connectivity index (χ4n) is 8.22. The third-order valence-electron chi connectivity index (χ3n) is 9.71. The molecule has 40 heavy (non-hydrogen) atoms. The van der Waals surface area contributed by atoms with E-state index in [4.69, 9.17) is 0 Å². The minimum absolute atomic E-state index is 0.137. The van der Waals surface area contributed by atoms with Gasteiger partial charge >= 0.3 is 12.0 Å². The normalized spacial score (nSPS) is 29.3. The van der Waals surface area contributed by atoms with E-state index in [0.29, 0.717) is 11.3 Å². The van der Waals surface area contributed by atoms with Gasteiger partial charge in [0, 0.05) is 17.1 Å². The molecule has 2 aromatic carbocycles. The first-order valence-electron chi connectivity index (χ1n) is 14.1. The van der Waals surface area contributed by atoms with E-state index < -0.39 is 29.9 Å². The highest BCUT2D eigenvalue weighted by atomic mass is 16.4. The van der Waals surface area contributed by atoms with Crippen LogP contribution in [-0.4, -0.2) is 33.5 Å². The molecule has 0 unspecified atom stereocenters. The summed E-state index contributed by atoms with van der Waals surface area (Å²) in [5.41, 5.74) is 3.13. The summed E-state index contributed by atoms with van der Waals surface area (Å²) >= 11 is 0. The van der Waals surface area contributed by atoms with Crippen molar-refractivity contribution in [3.8, 4) is 0 Å². The fraction of sp³-hybridized carbons (Fsp3) is 0.375. The standard InChI is InChI=1S/C32H31N3O5/c1-18(30(38)39)34-9-8-23-13-19(2-7-27(23)34)14-26-28(36)33-31(40)35(29(26)37)25-5-3-24(4-6-25)32-15-20-10-21(16-32)12-22(11-20)17-32/h2-9,13-14,18,20-22H,10-12,15-17H2,1H3,(H,38,39)(H,33,36,40)/b26-14+/t18-,20?,21?,22?,32?/m1/s1. The zero-order valence-electron chi connectivity index (χ0n) is 22.3. The van der Waals surface area contributed by atoms with E-state index in [1.165, 1.54) is 50.2 Å². The molecule has 4 saturated carbocycles. The van der Waals surface area contributed by atoms with Gasteiger partial charge in [0.15, 0.2) is 0 Å². The van der Waals surface area contributed by atoms with Crippen LogP contribution in [0.25, 0.3) is 17.0 Å². The zero-order chi connectivity index (χ0) is 27.8. The number of hydrogen-bond acceptors (Lipinski definition) is 4. The van der Waals surface area contributed by atoms with Crippen LogP contribution in [0.2, 0.25) is 0 Å². The van der Waals surface area contributed by atoms with Crippen molar-refractivity contribution in [3.63, 3.8) is 0 Å². The number of fused-ring (bicyclic) bond motifs is 1. The number of nitrogens with zero attached hydrogens (tertiary/aromatic N) is 2. The minimum atomic E-state index is -0.941. The summed E-state index contributed by atoms with van der Waals surface area (Å²) in [6.45, 7) is 1.60. The highest BCUT2D eigenvalue weighted by Gasteiger charge is 2.51. The van der Waals surface area contributed by atoms with Gasteiger partial charge < -0.3 is 9.67 Å². The molecule has 3 aromatic rings. The highest BCUT2D eigenvalue weighted by Crippen LogP contribution is 2.60. The van der Waals surface area contributed by atoms with E-state index in [1.807, 2.05) is 12.1 Å². The first-order valence-corrected chi connectivity index (χ1v) is 14.1. The number of benzene rings is 2. The molecule has 4 bridgehead atoms. The molecule has 204 valence electrons. The molecule has 0 radical (unpaired) electrons. The van der Waals surface area contributed by atoms with E-state index in [-0.39, 0.29) is 11.0 Å². The first kappa shape index (κ1) is 24.8. The number of carboxylic acids is 1. The number of barbiturate groups is 1. The van der Waals surface area contributed by atoms with Gasteiger partial charge in [0.1, 0.15) is 11.6 Å². The van der Waals surface area contributed by atoms with E-state index in [9.17, 15) is 24.3 Å². The van der Waals surface area contributed by atoms with Crippen LogP contribution in [0.1, 0.15) is 62.6 Å². The second-order valence-electron chi connectivity index (χ2n) is 12.3. The minimum Gasteiger partial charge on any atom is -0.480 e. The summed E-state index contributed by atoms with van der Waals surface area (Å²) in [4.78, 5) is 51.5. The average molecular weight is 538 g/mol. The number of aliphatic carboxylic acids is 1. The number of rotatable bonds is 5. The topological polar surface area (TPSA) is 109 Å². The van der Waals surface area contributed by atoms with Gasteiger partial charge in [-0.3, -0.25) is 14.9 Å². The van der Waals surface area contributed by atoms with Crippen molar-refractivity contribution in [2.24, 2.45) is 17.8 Å². The van der Waals surface area contributed by atoms with E-state index in [1.54, 1.807) is 42.0 Å². The van der Waals surface area contributed by atoms with Gasteiger partial charge in [-0.1, -0.05) is 18.2 Å². The van der Waals surface area contributed by atoms with Crippen molar-refractivity contribution in [2.45, 2.75) is 56.9 Å². The molecule has 0 spiro atoms. The number of carbonyl (C=O) groups is 4. The van der Waals surface area contributed by atoms with Crippen LogP contribution >= 0.6 is 0 Å². The Morgan fingerprint density at radius 2 is 1.62 bits per heavy atom. The molecule has 8 rings (SSSR count). The smallest absolute Gasteiger partial charge is 0.335 e. The average Bonchev–Trinajstić information content (AvgIpc) is 3.33. The predicted octanol–water partition coefficient (Wildman–Crippen LogP) is 5.42. The number of carbonyl (C=O) groups excluding carboxylic acids is 3. The molecule has 8 nitrogen and oxygen atoms in total. The Labute approximate surface area is 231 Å². The van der Waals surface area contributed by atoms with Crippen LogP contribution < -0.4 is 10.2 Å². The summed E-state index contributed by atoms with van der Waals surface area (Å²) < 4.78 is 1.65. The summed E-state index contributed by atoms with van der Waals surface area (Å²) in [7, 11) is 0. The number of nitrogens with one attached hydrogen (secondary N) is 1. The van der Waals surface area contributed by atoms with Crippen molar-refractivity contribution in [2.75, 3.05) is 4.90 Å². The molecule has 2 N–H and O–H groups in total. The van der Waals surface area contributed by atoms with Crippen molar-refractivity contribution >= 4 is 46.5 Å². The third kappa shape index (κ3) is 3.88. The fourth-order valence-corrected chi connectivity index (χ4v) is 8.22. The van der Waals surface area contributed by atoms with Crippen molar-refractivity contribution < 1.29 is 24.3 Å². The molecule has 1 aliphatic heterocycles. The Kier molecular flexibility index (Phi) is 5.53. The van der Waals surface area contributed by atoms with Crippen molar-refractivity contribution in [1.29, 1.82) is 0 Å². The summed E-state index contributed by atoms with van der Waals surface area (Å²) in [5, 5.41) is 12.5. The SMILES string of the molecule is C[C@H](C(=O)O)n1ccc2cc(/C=C3\C(=O)NC(=O)N(c4ccc(C56CC7CC(CC(C7)C5)C6)cc4)C3=O)ccc21. The molecule has 1 saturated heterocycles. The van der Waals surface area contributed by atoms with Crippen LogP contribution in [0, 0.1) is 17.8 Å². The summed E-state index contributed by atoms with van der Waals surface area (Å²) in [5.74, 6) is 0.0956. The molecular weight excluding hydrogens is 506 g/mol. The lowest BCUT2D eigenvalue weighted by Gasteiger charge is -2.57. The lowest BCUT2D eigenvalue weighted by atomic mass is 9.48. The number of hydrogen-bond donors (Lipinski definition) is 2. The maximum atomic E-state index is 13.5. The molecule has 8 heteroatoms. The van der Waals surface area contributed by atoms with E-state index in [2.05, 4.69) is 17.4 Å². The maximum absolute atomic E-state index is 13.5. The monoisotopic (exact) mass is 537 g/mol. The quantitative estimate of drug-likeness (QED) is 0.334. The lowest BCUT2D eigenvalue weighted by molar-refractivity contribution is -0.140. The van der Waals surface area contributed by atoms with Gasteiger partial charge in [0.05, 0.1) is 5.69 Å². The maximum Gasteiger partial charge on any atom is 0.335 e. The van der Waals surface area contributed by atoms with Gasteiger partial charge in [0.2, 0.25) is 0 Å². The largest absolute Gasteiger partial charge is 0.480 e. The molecule has 1 atom stereocenters. The van der Waals surface area contributed by atoms with Gasteiger partial charge in [-0.25, -0.2) is 14.5 Å². The Hall–Kier alpha value is -4.20. The Morgan fingerprint density at radius 1 is 0.975 bits per heavy atom. The second-order valence-corrected chi connectivity index (χ2v) is 12.3. The van der Waals surface area contributed by atoms with Gasteiger partial charge in [0.25, 0.3) is 11.8 Å². The molecule has 2 heterocycles. The van der Waals surface area contributed by atoms with E-state index in [0.717, 1.165) is 33.6 Å². The van der Waals surface area contributed by atoms with Crippen molar-refractivity contribution in [3.05, 3.63) is 71.4 Å². The number of urea groups is 1. The highest BCUT2D eigenvalue weighted by molar-refractivity contribution is 6.39. The molecule has 1 aromatic heterocycles. The third-order valence-corrected chi connectivity index (χ3v) is 9.71. The summed E-state index contributed by atoms with van der Waals surface area (Å²) in [6, 6.07) is 13.4. The van der Waals surface area contributed by atoms with Crippen LogP contribution in [-0.2, 0) is 19.8 Å². The van der Waals surface area contributed by atoms with E-state index >= 15 is 0 Å². The number of aromatic nitrogens is 1. The molecular formula is C32H31N3O5. The van der Waals surface area contributed by atoms with Crippen LogP contribution in [0.5, 0.6) is 0 Å². The van der Waals surface area contributed by atoms with Crippen LogP contribution in [0.3, 0.4) is 0 Å².